The van der Waals surface area contributed by atoms with Crippen LogP contribution in [0.25, 0.3) is 0 Å². The Morgan fingerprint density at radius 3 is 2.80 bits per heavy atom. The molecule has 1 atom stereocenters. The lowest BCUT2D eigenvalue weighted by molar-refractivity contribution is 0.157. The van der Waals surface area contributed by atoms with E-state index in [0.717, 1.165) is 6.42 Å². The van der Waals surface area contributed by atoms with E-state index in [1.165, 1.54) is 23.4 Å². The SMILES string of the molecule is COCC1CCN(S(=O)(=O)c2cc(C)c(F)c(N)c2)C1. The number of nitrogens with zero attached hydrogens (tertiary/aromatic N) is 1. The number of methoxy groups -OCH3 is 1. The first-order chi connectivity index (χ1) is 9.36. The fourth-order valence-electron chi connectivity index (χ4n) is 2.45. The Labute approximate surface area is 118 Å². The monoisotopic (exact) mass is 302 g/mol. The molecule has 1 saturated heterocycles. The number of halogens is 1. The van der Waals surface area contributed by atoms with E-state index in [1.807, 2.05) is 0 Å². The van der Waals surface area contributed by atoms with Gasteiger partial charge in [-0.15, -0.1) is 0 Å². The Morgan fingerprint density at radius 2 is 2.20 bits per heavy atom. The second kappa shape index (κ2) is 5.67. The summed E-state index contributed by atoms with van der Waals surface area (Å²) in [7, 11) is -2.02. The molecule has 20 heavy (non-hydrogen) atoms. The highest BCUT2D eigenvalue weighted by atomic mass is 32.2. The fraction of sp³-hybridized carbons (Fsp3) is 0.538. The molecule has 0 aromatic heterocycles. The van der Waals surface area contributed by atoms with E-state index in [-0.39, 0.29) is 22.1 Å². The Morgan fingerprint density at radius 1 is 1.50 bits per heavy atom. The summed E-state index contributed by atoms with van der Waals surface area (Å²) in [5, 5.41) is 0. The van der Waals surface area contributed by atoms with Crippen molar-refractivity contribution >= 4 is 15.7 Å². The van der Waals surface area contributed by atoms with Gasteiger partial charge < -0.3 is 10.5 Å². The van der Waals surface area contributed by atoms with Gasteiger partial charge in [0.05, 0.1) is 17.2 Å². The van der Waals surface area contributed by atoms with Crippen LogP contribution in [0.1, 0.15) is 12.0 Å². The number of ether oxygens (including phenoxy) is 1. The molecule has 5 nitrogen and oxygen atoms in total. The summed E-state index contributed by atoms with van der Waals surface area (Å²) in [6.07, 6.45) is 0.767. The zero-order chi connectivity index (χ0) is 14.9. The molecule has 1 aliphatic rings. The van der Waals surface area contributed by atoms with Crippen molar-refractivity contribution in [2.75, 3.05) is 32.5 Å². The van der Waals surface area contributed by atoms with E-state index in [0.29, 0.717) is 19.7 Å². The van der Waals surface area contributed by atoms with E-state index in [2.05, 4.69) is 0 Å². The number of aryl methyl sites for hydroxylation is 1. The minimum absolute atomic E-state index is 0.0481. The summed E-state index contributed by atoms with van der Waals surface area (Å²) in [5.74, 6) is -0.365. The molecule has 1 unspecified atom stereocenters. The van der Waals surface area contributed by atoms with Gasteiger partial charge in [0.15, 0.2) is 0 Å². The topological polar surface area (TPSA) is 72.6 Å². The highest BCUT2D eigenvalue weighted by molar-refractivity contribution is 7.89. The molecule has 1 aromatic rings. The van der Waals surface area contributed by atoms with Gasteiger partial charge in [-0.3, -0.25) is 0 Å². The van der Waals surface area contributed by atoms with Gasteiger partial charge in [0.2, 0.25) is 10.0 Å². The third-order valence-corrected chi connectivity index (χ3v) is 5.39. The molecule has 0 saturated carbocycles. The maximum Gasteiger partial charge on any atom is 0.243 e. The van der Waals surface area contributed by atoms with Crippen LogP contribution in [0.5, 0.6) is 0 Å². The first kappa shape index (κ1) is 15.2. The van der Waals surface area contributed by atoms with Crippen LogP contribution in [0.15, 0.2) is 17.0 Å². The van der Waals surface area contributed by atoms with Gasteiger partial charge in [0.1, 0.15) is 5.82 Å². The average molecular weight is 302 g/mol. The van der Waals surface area contributed by atoms with Crippen molar-refractivity contribution in [2.45, 2.75) is 18.2 Å². The van der Waals surface area contributed by atoms with Gasteiger partial charge in [0, 0.05) is 20.2 Å². The van der Waals surface area contributed by atoms with E-state index < -0.39 is 15.8 Å². The number of hydrogen-bond donors (Lipinski definition) is 1. The third-order valence-electron chi connectivity index (χ3n) is 3.54. The molecule has 1 aromatic carbocycles. The highest BCUT2D eigenvalue weighted by Crippen LogP contribution is 2.27. The molecule has 1 aliphatic heterocycles. The molecule has 0 radical (unpaired) electrons. The smallest absolute Gasteiger partial charge is 0.243 e. The van der Waals surface area contributed by atoms with Crippen LogP contribution in [0.4, 0.5) is 10.1 Å². The summed E-state index contributed by atoms with van der Waals surface area (Å²) >= 11 is 0. The van der Waals surface area contributed by atoms with E-state index >= 15 is 0 Å². The number of nitrogen functional groups attached to an aromatic ring is 1. The van der Waals surface area contributed by atoms with Crippen LogP contribution in [-0.4, -0.2) is 39.5 Å². The van der Waals surface area contributed by atoms with E-state index in [9.17, 15) is 12.8 Å². The first-order valence-corrected chi connectivity index (χ1v) is 7.85. The normalized spacial score (nSPS) is 20.4. The minimum Gasteiger partial charge on any atom is -0.396 e. The van der Waals surface area contributed by atoms with Gasteiger partial charge in [-0.1, -0.05) is 0 Å². The lowest BCUT2D eigenvalue weighted by Crippen LogP contribution is -2.29. The molecule has 112 valence electrons. The lowest BCUT2D eigenvalue weighted by Gasteiger charge is -2.17. The van der Waals surface area contributed by atoms with Crippen LogP contribution in [0, 0.1) is 18.7 Å². The summed E-state index contributed by atoms with van der Waals surface area (Å²) in [5.41, 5.74) is 5.60. The van der Waals surface area contributed by atoms with Crippen LogP contribution < -0.4 is 5.73 Å². The van der Waals surface area contributed by atoms with Crippen LogP contribution in [0.3, 0.4) is 0 Å². The molecule has 0 spiro atoms. The predicted molar refractivity (Wildman–Crippen MR) is 74.3 cm³/mol. The maximum atomic E-state index is 13.5. The van der Waals surface area contributed by atoms with Crippen molar-refractivity contribution in [3.63, 3.8) is 0 Å². The van der Waals surface area contributed by atoms with E-state index in [1.54, 1.807) is 7.11 Å². The Hall–Kier alpha value is -1.18. The van der Waals surface area contributed by atoms with Gasteiger partial charge in [-0.2, -0.15) is 4.31 Å². The van der Waals surface area contributed by atoms with Gasteiger partial charge >= 0.3 is 0 Å². The van der Waals surface area contributed by atoms with Crippen LogP contribution >= 0.6 is 0 Å². The summed E-state index contributed by atoms with van der Waals surface area (Å²) < 4.78 is 45.0. The Kier molecular flexibility index (Phi) is 4.31. The molecular weight excluding hydrogens is 283 g/mol. The van der Waals surface area contributed by atoms with Crippen molar-refractivity contribution < 1.29 is 17.5 Å². The minimum atomic E-state index is -3.62. The number of hydrogen-bond acceptors (Lipinski definition) is 4. The lowest BCUT2D eigenvalue weighted by atomic mass is 10.1. The van der Waals surface area contributed by atoms with E-state index in [4.69, 9.17) is 10.5 Å². The first-order valence-electron chi connectivity index (χ1n) is 6.41. The third kappa shape index (κ3) is 2.79. The maximum absolute atomic E-state index is 13.5. The molecule has 2 rings (SSSR count). The number of rotatable bonds is 4. The van der Waals surface area contributed by atoms with Crippen molar-refractivity contribution in [2.24, 2.45) is 5.92 Å². The van der Waals surface area contributed by atoms with Gasteiger partial charge in [-0.25, -0.2) is 12.8 Å². The van der Waals surface area contributed by atoms with Gasteiger partial charge in [-0.05, 0) is 37.0 Å². The fourth-order valence-corrected chi connectivity index (χ4v) is 4.10. The molecule has 0 amide bonds. The highest BCUT2D eigenvalue weighted by Gasteiger charge is 2.33. The van der Waals surface area contributed by atoms with Crippen molar-refractivity contribution in [1.82, 2.24) is 4.31 Å². The summed E-state index contributed by atoms with van der Waals surface area (Å²) in [6, 6.07) is 2.51. The largest absolute Gasteiger partial charge is 0.396 e. The van der Waals surface area contributed by atoms with Crippen LogP contribution in [-0.2, 0) is 14.8 Å². The van der Waals surface area contributed by atoms with Crippen molar-refractivity contribution in [3.05, 3.63) is 23.5 Å². The molecule has 7 heteroatoms. The van der Waals surface area contributed by atoms with Crippen molar-refractivity contribution in [1.29, 1.82) is 0 Å². The summed E-state index contributed by atoms with van der Waals surface area (Å²) in [6.45, 7) is 2.91. The molecule has 1 fully saturated rings. The second-order valence-electron chi connectivity index (χ2n) is 5.12. The number of sulfonamides is 1. The summed E-state index contributed by atoms with van der Waals surface area (Å²) in [4.78, 5) is 0.0481. The van der Waals surface area contributed by atoms with Crippen LogP contribution in [0.2, 0.25) is 0 Å². The Bertz CT molecular complexity index is 581. The standard InChI is InChI=1S/C13H19FN2O3S/c1-9-5-11(6-12(15)13(9)14)20(17,18)16-4-3-10(7-16)8-19-2/h5-6,10H,3-4,7-8,15H2,1-2H3. The number of nitrogens with two attached hydrogens (primary N) is 1. The molecule has 0 bridgehead atoms. The molecular formula is C13H19FN2O3S. The second-order valence-corrected chi connectivity index (χ2v) is 7.05. The zero-order valence-corrected chi connectivity index (χ0v) is 12.4. The Balaban J connectivity index is 2.28. The molecule has 1 heterocycles. The number of anilines is 1. The quantitative estimate of drug-likeness (QED) is 0.853. The number of benzene rings is 1. The molecule has 0 aliphatic carbocycles. The average Bonchev–Trinajstić information content (AvgIpc) is 2.85. The zero-order valence-electron chi connectivity index (χ0n) is 11.6. The van der Waals surface area contributed by atoms with Crippen molar-refractivity contribution in [3.8, 4) is 0 Å². The molecule has 2 N–H and O–H groups in total. The predicted octanol–water partition coefficient (Wildman–Crippen LogP) is 1.37. The van der Waals surface area contributed by atoms with Gasteiger partial charge in [0.25, 0.3) is 0 Å².